The van der Waals surface area contributed by atoms with Gasteiger partial charge in [0.2, 0.25) is 0 Å². The fourth-order valence-electron chi connectivity index (χ4n) is 4.55. The predicted molar refractivity (Wildman–Crippen MR) is 104 cm³/mol. The summed E-state index contributed by atoms with van der Waals surface area (Å²) in [6.07, 6.45) is 8.36. The van der Waals surface area contributed by atoms with E-state index in [-0.39, 0.29) is 0 Å². The smallest absolute Gasteiger partial charge is 0.189 e. The molecule has 1 aliphatic heterocycles. The Morgan fingerprint density at radius 3 is 2.32 bits per heavy atom. The van der Waals surface area contributed by atoms with E-state index in [1.165, 1.54) is 19.3 Å². The van der Waals surface area contributed by atoms with Gasteiger partial charge in [-0.2, -0.15) is 0 Å². The molecule has 0 spiro atoms. The molecule has 132 valence electrons. The van der Waals surface area contributed by atoms with Gasteiger partial charge in [-0.1, -0.05) is 35.0 Å². The second-order valence-electron chi connectivity index (χ2n) is 7.59. The van der Waals surface area contributed by atoms with Gasteiger partial charge >= 0.3 is 0 Å². The molecule has 4 nitrogen and oxygen atoms in total. The Morgan fingerprint density at radius 2 is 1.68 bits per heavy atom. The maximum absolute atomic E-state index is 6.56. The average Bonchev–Trinajstić information content (AvgIpc) is 3.38. The molecule has 5 rings (SSSR count). The van der Waals surface area contributed by atoms with Gasteiger partial charge in [-0.15, -0.1) is 0 Å². The monoisotopic (exact) mass is 394 g/mol. The molecule has 2 atom stereocenters. The first-order valence-corrected chi connectivity index (χ1v) is 11.0. The summed E-state index contributed by atoms with van der Waals surface area (Å²) in [5.74, 6) is 2.99. The van der Waals surface area contributed by atoms with Crippen molar-refractivity contribution in [3.8, 4) is 0 Å². The molecule has 2 saturated carbocycles. The van der Waals surface area contributed by atoms with Gasteiger partial charge in [-0.25, -0.2) is 15.0 Å². The lowest BCUT2D eigenvalue weighted by Gasteiger charge is -2.33. The van der Waals surface area contributed by atoms with Crippen molar-refractivity contribution in [3.05, 3.63) is 15.9 Å². The van der Waals surface area contributed by atoms with Crippen LogP contribution < -0.4 is 4.90 Å². The molecule has 2 bridgehead atoms. The summed E-state index contributed by atoms with van der Waals surface area (Å²) < 4.78 is 0. The Morgan fingerprint density at radius 1 is 0.960 bits per heavy atom. The third-order valence-electron chi connectivity index (χ3n) is 5.82. The van der Waals surface area contributed by atoms with Crippen LogP contribution >= 0.6 is 35.0 Å². The Balaban J connectivity index is 1.73. The number of nitrogens with zero attached hydrogens (tertiary/aromatic N) is 4. The van der Waals surface area contributed by atoms with Crippen LogP contribution in [0.25, 0.3) is 10.9 Å². The highest BCUT2D eigenvalue weighted by Crippen LogP contribution is 2.48. The van der Waals surface area contributed by atoms with Crippen LogP contribution in [0, 0.1) is 11.8 Å². The van der Waals surface area contributed by atoms with Crippen molar-refractivity contribution in [2.45, 2.75) is 43.2 Å². The van der Waals surface area contributed by atoms with Crippen molar-refractivity contribution in [2.24, 2.45) is 11.8 Å². The van der Waals surface area contributed by atoms with Gasteiger partial charge in [-0.05, 0) is 56.1 Å². The number of pyridine rings is 1. The fourth-order valence-corrected chi connectivity index (χ4v) is 5.54. The van der Waals surface area contributed by atoms with Gasteiger partial charge < -0.3 is 4.90 Å². The van der Waals surface area contributed by atoms with E-state index in [0.717, 1.165) is 65.2 Å². The van der Waals surface area contributed by atoms with Crippen LogP contribution in [0.2, 0.25) is 10.3 Å². The highest BCUT2D eigenvalue weighted by Gasteiger charge is 2.36. The topological polar surface area (TPSA) is 41.9 Å². The van der Waals surface area contributed by atoms with Gasteiger partial charge in [0.15, 0.2) is 5.16 Å². The average molecular weight is 395 g/mol. The molecule has 3 fully saturated rings. The molecule has 3 aliphatic rings. The second-order valence-corrected chi connectivity index (χ2v) is 9.08. The summed E-state index contributed by atoms with van der Waals surface area (Å²) in [6.45, 7) is 2.13. The van der Waals surface area contributed by atoms with Gasteiger partial charge in [0.25, 0.3) is 0 Å². The molecule has 0 radical (unpaired) electrons. The molecule has 25 heavy (non-hydrogen) atoms. The van der Waals surface area contributed by atoms with Crippen LogP contribution in [0.3, 0.4) is 0 Å². The molecule has 2 aromatic heterocycles. The number of rotatable bonds is 3. The maximum atomic E-state index is 6.56. The van der Waals surface area contributed by atoms with Crippen molar-refractivity contribution >= 4 is 51.7 Å². The highest BCUT2D eigenvalue weighted by molar-refractivity contribution is 7.98. The number of fused-ring (bicyclic) bond motifs is 3. The molecular formula is C18H20Cl2N4S. The van der Waals surface area contributed by atoms with Crippen LogP contribution in [0.5, 0.6) is 0 Å². The summed E-state index contributed by atoms with van der Waals surface area (Å²) in [5.41, 5.74) is 1.99. The van der Waals surface area contributed by atoms with Crippen molar-refractivity contribution in [1.29, 1.82) is 0 Å². The van der Waals surface area contributed by atoms with Gasteiger partial charge in [0.05, 0.1) is 10.9 Å². The van der Waals surface area contributed by atoms with E-state index < -0.39 is 0 Å². The van der Waals surface area contributed by atoms with Crippen molar-refractivity contribution in [1.82, 2.24) is 15.0 Å². The summed E-state index contributed by atoms with van der Waals surface area (Å²) in [6, 6.07) is 0. The fraction of sp³-hybridized carbons (Fsp3) is 0.611. The maximum Gasteiger partial charge on any atom is 0.189 e. The Labute approximate surface area is 161 Å². The number of anilines is 1. The SMILES string of the molecule is CSc1nc(N2CC3CCC(C3)C2)c2c(Cl)nc(Cl)c(C3CC3)c2n1. The second kappa shape index (κ2) is 6.14. The lowest BCUT2D eigenvalue weighted by Crippen LogP contribution is -2.37. The number of thioether (sulfide) groups is 1. The number of hydrogen-bond acceptors (Lipinski definition) is 5. The van der Waals surface area contributed by atoms with Crippen molar-refractivity contribution in [3.63, 3.8) is 0 Å². The highest BCUT2D eigenvalue weighted by atomic mass is 35.5. The van der Waals surface area contributed by atoms with E-state index in [4.69, 9.17) is 33.2 Å². The minimum atomic E-state index is 0.435. The summed E-state index contributed by atoms with van der Waals surface area (Å²) >= 11 is 14.6. The molecule has 0 amide bonds. The Hall–Kier alpha value is -0.780. The van der Waals surface area contributed by atoms with E-state index in [0.29, 0.717) is 16.2 Å². The zero-order valence-corrected chi connectivity index (χ0v) is 16.5. The number of hydrogen-bond donors (Lipinski definition) is 0. The quantitative estimate of drug-likeness (QED) is 0.408. The first-order valence-electron chi connectivity index (χ1n) is 8.99. The number of aromatic nitrogens is 3. The minimum absolute atomic E-state index is 0.435. The van der Waals surface area contributed by atoms with E-state index >= 15 is 0 Å². The van der Waals surface area contributed by atoms with Crippen LogP contribution in [0.15, 0.2) is 5.16 Å². The third kappa shape index (κ3) is 2.79. The first kappa shape index (κ1) is 16.4. The molecule has 2 unspecified atom stereocenters. The predicted octanol–water partition coefficient (Wildman–Crippen LogP) is 5.17. The lowest BCUT2D eigenvalue weighted by molar-refractivity contribution is 0.419. The zero-order valence-electron chi connectivity index (χ0n) is 14.1. The standard InChI is InChI=1S/C18H20Cl2N4S/c1-25-18-21-14-12(11-4-5-11)15(19)22-16(20)13(14)17(23-18)24-7-9-2-3-10(6-9)8-24/h9-11H,2-8H2,1H3. The third-order valence-corrected chi connectivity index (χ3v) is 6.93. The molecule has 0 N–H and O–H groups in total. The zero-order chi connectivity index (χ0) is 17.1. The molecular weight excluding hydrogens is 375 g/mol. The van der Waals surface area contributed by atoms with Crippen LogP contribution in [-0.2, 0) is 0 Å². The van der Waals surface area contributed by atoms with Crippen molar-refractivity contribution < 1.29 is 0 Å². The van der Waals surface area contributed by atoms with Gasteiger partial charge in [0, 0.05) is 18.7 Å². The first-order chi connectivity index (χ1) is 12.1. The van der Waals surface area contributed by atoms with E-state index in [1.54, 1.807) is 11.8 Å². The normalized spacial score (nSPS) is 25.8. The Bertz CT molecular complexity index is 843. The van der Waals surface area contributed by atoms with Crippen LogP contribution in [0.4, 0.5) is 5.82 Å². The molecule has 2 aliphatic carbocycles. The molecule has 7 heteroatoms. The van der Waals surface area contributed by atoms with Crippen LogP contribution in [-0.4, -0.2) is 34.3 Å². The number of halogens is 2. The summed E-state index contributed by atoms with van der Waals surface area (Å²) in [4.78, 5) is 16.5. The molecule has 3 heterocycles. The number of piperidine rings is 1. The molecule has 1 saturated heterocycles. The van der Waals surface area contributed by atoms with E-state index in [2.05, 4.69) is 9.88 Å². The van der Waals surface area contributed by atoms with Crippen LogP contribution in [0.1, 0.15) is 43.6 Å². The Kier molecular flexibility index (Phi) is 4.03. The summed E-state index contributed by atoms with van der Waals surface area (Å²) in [5, 5.41) is 2.63. The molecule has 0 aromatic carbocycles. The van der Waals surface area contributed by atoms with Gasteiger partial charge in [-0.3, -0.25) is 0 Å². The summed E-state index contributed by atoms with van der Waals surface area (Å²) in [7, 11) is 0. The minimum Gasteiger partial charge on any atom is -0.355 e. The van der Waals surface area contributed by atoms with Gasteiger partial charge in [0.1, 0.15) is 16.1 Å². The largest absolute Gasteiger partial charge is 0.355 e. The van der Waals surface area contributed by atoms with E-state index in [9.17, 15) is 0 Å². The lowest BCUT2D eigenvalue weighted by atomic mass is 9.98. The molecule has 2 aromatic rings. The van der Waals surface area contributed by atoms with Crippen molar-refractivity contribution in [2.75, 3.05) is 24.2 Å². The van der Waals surface area contributed by atoms with E-state index in [1.807, 2.05) is 6.26 Å².